The molecule has 1 unspecified atom stereocenters. The summed E-state index contributed by atoms with van der Waals surface area (Å²) in [4.78, 5) is 9.68. The van der Waals surface area contributed by atoms with E-state index in [1.807, 2.05) is 0 Å². The third-order valence-electron chi connectivity index (χ3n) is 1.20. The Morgan fingerprint density at radius 3 is 2.17 bits per heavy atom. The lowest BCUT2D eigenvalue weighted by atomic mass is 10.2. The predicted molar refractivity (Wildman–Crippen MR) is 28.9 cm³/mol. The fourth-order valence-electron chi connectivity index (χ4n) is 0.462. The molecule has 0 fully saturated rings. The summed E-state index contributed by atoms with van der Waals surface area (Å²) in [7, 11) is 0. The number of alkyl halides is 4. The normalized spacial score (nSPS) is 14.5. The number of carboxylic acid groups (broad SMARTS) is 1. The lowest BCUT2D eigenvalue weighted by Gasteiger charge is -2.24. The average Bonchev–Trinajstić information content (AvgIpc) is 1.85. The number of hydrogen-bond donors (Lipinski definition) is 1. The van der Waals surface area contributed by atoms with E-state index in [-0.39, 0.29) is 0 Å². The molecule has 1 N–H and O–H groups in total. The van der Waals surface area contributed by atoms with Crippen molar-refractivity contribution in [2.45, 2.75) is 25.3 Å². The van der Waals surface area contributed by atoms with Crippen LogP contribution >= 0.6 is 0 Å². The number of halogens is 4. The van der Waals surface area contributed by atoms with Crippen LogP contribution in [-0.4, -0.2) is 24.5 Å². The van der Waals surface area contributed by atoms with Gasteiger partial charge in [0.2, 0.25) is 0 Å². The molecular formula is C5H6F4NO2-. The Hall–Kier alpha value is -1.01. The molecular weight excluding hydrogens is 182 g/mol. The lowest BCUT2D eigenvalue weighted by molar-refractivity contribution is -0.255. The molecule has 1 atom stereocenters. The highest BCUT2D eigenvalue weighted by molar-refractivity contribution is 5.62. The molecule has 72 valence electrons. The van der Waals surface area contributed by atoms with Crippen molar-refractivity contribution in [3.63, 3.8) is 0 Å². The fraction of sp³-hybridized carbons (Fsp3) is 0.800. The van der Waals surface area contributed by atoms with E-state index in [0.29, 0.717) is 6.92 Å². The van der Waals surface area contributed by atoms with E-state index in [1.165, 1.54) is 0 Å². The summed E-state index contributed by atoms with van der Waals surface area (Å²) in [5.41, 5.74) is 0. The van der Waals surface area contributed by atoms with Crippen LogP contribution in [0, 0.1) is 0 Å². The second kappa shape index (κ2) is 3.59. The number of carbonyl (C=O) groups excluding carboxylic acids is 1. The standard InChI is InChI=1S/C5H7F4NO2/c1-2(10-4(11)12)5(8,9)3(6)7/h2-3,10H,1H3,(H,11,12)/p-1. The third kappa shape index (κ3) is 2.55. The maximum Gasteiger partial charge on any atom is 0.326 e. The summed E-state index contributed by atoms with van der Waals surface area (Å²) in [6, 6.07) is -2.16. The molecule has 1 amide bonds. The summed E-state index contributed by atoms with van der Waals surface area (Å²) in [5.74, 6) is -4.37. The highest BCUT2D eigenvalue weighted by Gasteiger charge is 2.46. The van der Waals surface area contributed by atoms with E-state index in [1.54, 1.807) is 0 Å². The Morgan fingerprint density at radius 2 is 1.92 bits per heavy atom. The van der Waals surface area contributed by atoms with Crippen molar-refractivity contribution in [2.75, 3.05) is 0 Å². The summed E-state index contributed by atoms with van der Waals surface area (Å²) < 4.78 is 47.4. The molecule has 7 heteroatoms. The van der Waals surface area contributed by atoms with Gasteiger partial charge in [-0.1, -0.05) is 0 Å². The smallest absolute Gasteiger partial charge is 0.326 e. The summed E-state index contributed by atoms with van der Waals surface area (Å²) in [5, 5.41) is 10.8. The van der Waals surface area contributed by atoms with Gasteiger partial charge in [0.05, 0.1) is 6.04 Å². The number of carbonyl (C=O) groups is 1. The zero-order valence-corrected chi connectivity index (χ0v) is 5.98. The van der Waals surface area contributed by atoms with Crippen molar-refractivity contribution in [2.24, 2.45) is 0 Å². The molecule has 0 saturated heterocycles. The largest absolute Gasteiger partial charge is 0.530 e. The monoisotopic (exact) mass is 188 g/mol. The van der Waals surface area contributed by atoms with Crippen LogP contribution < -0.4 is 10.4 Å². The topological polar surface area (TPSA) is 52.2 Å². The van der Waals surface area contributed by atoms with E-state index in [2.05, 4.69) is 0 Å². The zero-order valence-electron chi connectivity index (χ0n) is 5.98. The van der Waals surface area contributed by atoms with Gasteiger partial charge >= 0.3 is 12.3 Å². The minimum absolute atomic E-state index is 0.627. The Kier molecular flexibility index (Phi) is 3.29. The van der Waals surface area contributed by atoms with Gasteiger partial charge in [-0.15, -0.1) is 0 Å². The van der Waals surface area contributed by atoms with Crippen LogP contribution in [0.4, 0.5) is 22.4 Å². The Balaban J connectivity index is 4.24. The van der Waals surface area contributed by atoms with Gasteiger partial charge in [-0.3, -0.25) is 0 Å². The Bertz CT molecular complexity index is 173. The van der Waals surface area contributed by atoms with E-state index in [9.17, 15) is 27.5 Å². The summed E-state index contributed by atoms with van der Waals surface area (Å²) in [6.07, 6.45) is -5.91. The molecule has 3 nitrogen and oxygen atoms in total. The average molecular weight is 188 g/mol. The van der Waals surface area contributed by atoms with Gasteiger partial charge in [0.15, 0.2) is 0 Å². The van der Waals surface area contributed by atoms with E-state index in [0.717, 1.165) is 5.32 Å². The SMILES string of the molecule is CC(NC(=O)[O-])C(F)(F)C(F)F. The van der Waals surface area contributed by atoms with Crippen molar-refractivity contribution < 1.29 is 27.5 Å². The number of nitrogens with one attached hydrogen (secondary N) is 1. The van der Waals surface area contributed by atoms with Crippen LogP contribution in [0.15, 0.2) is 0 Å². The molecule has 0 heterocycles. The first-order valence-corrected chi connectivity index (χ1v) is 2.92. The molecule has 0 saturated carbocycles. The highest BCUT2D eigenvalue weighted by atomic mass is 19.3. The van der Waals surface area contributed by atoms with Crippen LogP contribution in [0.5, 0.6) is 0 Å². The van der Waals surface area contributed by atoms with Crippen molar-refractivity contribution in [1.82, 2.24) is 5.32 Å². The first-order chi connectivity index (χ1) is 5.28. The first-order valence-electron chi connectivity index (χ1n) is 2.92. The Morgan fingerprint density at radius 1 is 1.50 bits per heavy atom. The van der Waals surface area contributed by atoms with Crippen LogP contribution in [-0.2, 0) is 0 Å². The van der Waals surface area contributed by atoms with Gasteiger partial charge in [-0.25, -0.2) is 8.78 Å². The van der Waals surface area contributed by atoms with Gasteiger partial charge in [-0.05, 0) is 6.92 Å². The minimum Gasteiger partial charge on any atom is -0.530 e. The molecule has 0 spiro atoms. The summed E-state index contributed by atoms with van der Waals surface area (Å²) >= 11 is 0. The molecule has 0 aromatic carbocycles. The minimum atomic E-state index is -4.37. The van der Waals surface area contributed by atoms with E-state index < -0.39 is 24.5 Å². The quantitative estimate of drug-likeness (QED) is 0.643. The molecule has 0 radical (unpaired) electrons. The van der Waals surface area contributed by atoms with Crippen molar-refractivity contribution in [1.29, 1.82) is 0 Å². The molecule has 12 heavy (non-hydrogen) atoms. The predicted octanol–water partition coefficient (Wildman–Crippen LogP) is 0.208. The second-order valence-corrected chi connectivity index (χ2v) is 2.13. The number of rotatable bonds is 3. The van der Waals surface area contributed by atoms with Crippen LogP contribution in [0.3, 0.4) is 0 Å². The van der Waals surface area contributed by atoms with Gasteiger partial charge in [0.1, 0.15) is 6.09 Å². The van der Waals surface area contributed by atoms with E-state index in [4.69, 9.17) is 0 Å². The van der Waals surface area contributed by atoms with Crippen LogP contribution in [0.25, 0.3) is 0 Å². The van der Waals surface area contributed by atoms with Gasteiger partial charge in [-0.2, -0.15) is 8.78 Å². The van der Waals surface area contributed by atoms with Crippen LogP contribution in [0.1, 0.15) is 6.92 Å². The maximum absolute atomic E-state index is 12.2. The molecule has 0 aromatic rings. The number of hydrogen-bond acceptors (Lipinski definition) is 2. The maximum atomic E-state index is 12.2. The molecule has 0 aliphatic heterocycles. The van der Waals surface area contributed by atoms with Crippen molar-refractivity contribution in [3.05, 3.63) is 0 Å². The fourth-order valence-corrected chi connectivity index (χ4v) is 0.462. The third-order valence-corrected chi connectivity index (χ3v) is 1.20. The zero-order chi connectivity index (χ0) is 9.94. The second-order valence-electron chi connectivity index (χ2n) is 2.13. The molecule has 0 bridgehead atoms. The first kappa shape index (κ1) is 11.0. The molecule has 0 aliphatic rings. The molecule has 0 rings (SSSR count). The van der Waals surface area contributed by atoms with Gasteiger partial charge in [0, 0.05) is 0 Å². The van der Waals surface area contributed by atoms with Gasteiger partial charge in [0.25, 0.3) is 0 Å². The number of amides is 1. The molecule has 0 aromatic heterocycles. The Labute approximate surface area is 65.4 Å². The highest BCUT2D eigenvalue weighted by Crippen LogP contribution is 2.26. The van der Waals surface area contributed by atoms with Gasteiger partial charge < -0.3 is 15.2 Å². The van der Waals surface area contributed by atoms with E-state index >= 15 is 0 Å². The van der Waals surface area contributed by atoms with Crippen LogP contribution in [0.2, 0.25) is 0 Å². The lowest BCUT2D eigenvalue weighted by Crippen LogP contribution is -2.53. The van der Waals surface area contributed by atoms with Crippen molar-refractivity contribution >= 4 is 6.09 Å². The van der Waals surface area contributed by atoms with Crippen molar-refractivity contribution in [3.8, 4) is 0 Å². The summed E-state index contributed by atoms with van der Waals surface area (Å²) in [6.45, 7) is 0.627. The molecule has 0 aliphatic carbocycles.